The average molecular weight is 552 g/mol. The van der Waals surface area contributed by atoms with Gasteiger partial charge in [-0.3, -0.25) is 4.57 Å². The van der Waals surface area contributed by atoms with E-state index >= 15 is 0 Å². The van der Waals surface area contributed by atoms with Crippen LogP contribution in [0.25, 0.3) is 61.3 Å². The molecule has 0 spiro atoms. The fourth-order valence-corrected chi connectivity index (χ4v) is 5.45. The minimum Gasteiger partial charge on any atom is -0.294 e. The van der Waals surface area contributed by atoms with E-state index < -0.39 is 0 Å². The van der Waals surface area contributed by atoms with E-state index in [1.54, 1.807) is 0 Å². The van der Waals surface area contributed by atoms with Crippen molar-refractivity contribution in [3.63, 3.8) is 0 Å². The Morgan fingerprint density at radius 1 is 0.526 bits per heavy atom. The highest BCUT2D eigenvalue weighted by Crippen LogP contribution is 2.34. The molecule has 3 heterocycles. The van der Waals surface area contributed by atoms with E-state index in [1.165, 1.54) is 10.9 Å². The molecule has 0 N–H and O–H groups in total. The predicted octanol–water partition coefficient (Wildman–Crippen LogP) is 9.34. The smallest absolute Gasteiger partial charge is 0.145 e. The molecule has 0 atom stereocenters. The van der Waals surface area contributed by atoms with Gasteiger partial charge in [-0.05, 0) is 65.7 Å². The molecule has 0 aliphatic heterocycles. The topological polar surface area (TPSA) is 30.7 Å². The number of pyridine rings is 2. The van der Waals surface area contributed by atoms with Crippen molar-refractivity contribution in [2.75, 3.05) is 0 Å². The van der Waals surface area contributed by atoms with Crippen molar-refractivity contribution in [2.24, 2.45) is 0 Å². The lowest BCUT2D eigenvalue weighted by Crippen LogP contribution is -1.96. The standard InChI is InChI=1S/C34H22BrN3/c35-27-15-18-33-30(22-27)29-12-7-19-36-34(29)38(33)28-16-13-25(14-17-28)32-21-26(23-8-3-1-4-9-23)20-31(37-32)24-10-5-2-6-11-24/h1-22H. The van der Waals surface area contributed by atoms with Crippen molar-refractivity contribution in [1.82, 2.24) is 14.5 Å². The van der Waals surface area contributed by atoms with E-state index in [1.807, 2.05) is 24.4 Å². The number of hydrogen-bond acceptors (Lipinski definition) is 2. The molecule has 0 radical (unpaired) electrons. The van der Waals surface area contributed by atoms with Gasteiger partial charge in [0, 0.05) is 38.3 Å². The molecule has 38 heavy (non-hydrogen) atoms. The van der Waals surface area contributed by atoms with E-state index in [2.05, 4.69) is 130 Å². The van der Waals surface area contributed by atoms with Crippen molar-refractivity contribution in [3.05, 3.63) is 138 Å². The van der Waals surface area contributed by atoms with Crippen LogP contribution in [0.3, 0.4) is 0 Å². The first kappa shape index (κ1) is 22.6. The molecule has 0 aliphatic rings. The second-order valence-corrected chi connectivity index (χ2v) is 10.2. The number of aromatic nitrogens is 3. The SMILES string of the molecule is Brc1ccc2c(c1)c1cccnc1n2-c1ccc(-c2cc(-c3ccccc3)cc(-c3ccccc3)n2)cc1. The van der Waals surface area contributed by atoms with Gasteiger partial charge in [-0.1, -0.05) is 88.7 Å². The molecule has 7 aromatic rings. The molecule has 3 nitrogen and oxygen atoms in total. The van der Waals surface area contributed by atoms with Gasteiger partial charge in [0.25, 0.3) is 0 Å². The molecule has 0 saturated heterocycles. The van der Waals surface area contributed by atoms with Gasteiger partial charge in [0.05, 0.1) is 16.9 Å². The monoisotopic (exact) mass is 551 g/mol. The Kier molecular flexibility index (Phi) is 5.60. The van der Waals surface area contributed by atoms with E-state index in [0.717, 1.165) is 54.8 Å². The molecule has 3 aromatic heterocycles. The summed E-state index contributed by atoms with van der Waals surface area (Å²) in [6.45, 7) is 0. The summed E-state index contributed by atoms with van der Waals surface area (Å²) in [5.41, 5.74) is 9.55. The van der Waals surface area contributed by atoms with Gasteiger partial charge in [0.15, 0.2) is 0 Å². The normalized spacial score (nSPS) is 11.3. The number of halogens is 1. The molecular weight excluding hydrogens is 530 g/mol. The van der Waals surface area contributed by atoms with E-state index in [-0.39, 0.29) is 0 Å². The molecule has 0 aliphatic carbocycles. The average Bonchev–Trinajstić information content (AvgIpc) is 3.31. The van der Waals surface area contributed by atoms with Crippen LogP contribution in [0.2, 0.25) is 0 Å². The summed E-state index contributed by atoms with van der Waals surface area (Å²) < 4.78 is 3.28. The Morgan fingerprint density at radius 3 is 1.89 bits per heavy atom. The van der Waals surface area contributed by atoms with Gasteiger partial charge in [0.2, 0.25) is 0 Å². The first-order valence-electron chi connectivity index (χ1n) is 12.5. The second-order valence-electron chi connectivity index (χ2n) is 9.28. The maximum absolute atomic E-state index is 5.08. The lowest BCUT2D eigenvalue weighted by atomic mass is 10.00. The molecule has 180 valence electrons. The molecule has 0 unspecified atom stereocenters. The highest BCUT2D eigenvalue weighted by atomic mass is 79.9. The van der Waals surface area contributed by atoms with Gasteiger partial charge >= 0.3 is 0 Å². The number of benzene rings is 4. The molecule has 0 amide bonds. The fraction of sp³-hybridized carbons (Fsp3) is 0. The number of fused-ring (bicyclic) bond motifs is 3. The van der Waals surface area contributed by atoms with Crippen LogP contribution in [-0.4, -0.2) is 14.5 Å². The summed E-state index contributed by atoms with van der Waals surface area (Å²) in [7, 11) is 0. The summed E-state index contributed by atoms with van der Waals surface area (Å²) in [6.07, 6.45) is 1.85. The van der Waals surface area contributed by atoms with E-state index in [4.69, 9.17) is 9.97 Å². The first-order valence-corrected chi connectivity index (χ1v) is 13.3. The van der Waals surface area contributed by atoms with Crippen molar-refractivity contribution >= 4 is 37.9 Å². The van der Waals surface area contributed by atoms with Gasteiger partial charge in [0.1, 0.15) is 5.65 Å². The quantitative estimate of drug-likeness (QED) is 0.218. The van der Waals surface area contributed by atoms with E-state index in [9.17, 15) is 0 Å². The zero-order valence-corrected chi connectivity index (χ0v) is 22.0. The first-order chi connectivity index (χ1) is 18.7. The Balaban J connectivity index is 1.37. The number of hydrogen-bond donors (Lipinski definition) is 0. The highest BCUT2D eigenvalue weighted by Gasteiger charge is 2.14. The number of rotatable bonds is 4. The number of nitrogens with zero attached hydrogens (tertiary/aromatic N) is 3. The molecule has 4 aromatic carbocycles. The van der Waals surface area contributed by atoms with Gasteiger partial charge < -0.3 is 0 Å². The van der Waals surface area contributed by atoms with Crippen LogP contribution in [0, 0.1) is 0 Å². The molecule has 0 saturated carbocycles. The van der Waals surface area contributed by atoms with Crippen LogP contribution in [0.1, 0.15) is 0 Å². The van der Waals surface area contributed by atoms with Crippen LogP contribution in [0.4, 0.5) is 0 Å². The van der Waals surface area contributed by atoms with Crippen molar-refractivity contribution in [1.29, 1.82) is 0 Å². The summed E-state index contributed by atoms with van der Waals surface area (Å²) in [4.78, 5) is 9.81. The van der Waals surface area contributed by atoms with Crippen LogP contribution in [-0.2, 0) is 0 Å². The third kappa shape index (κ3) is 4.00. The minimum absolute atomic E-state index is 0.945. The van der Waals surface area contributed by atoms with Crippen LogP contribution < -0.4 is 0 Å². The Hall–Kier alpha value is -4.54. The summed E-state index contributed by atoms with van der Waals surface area (Å²) >= 11 is 3.63. The summed E-state index contributed by atoms with van der Waals surface area (Å²) in [6, 6.07) is 44.3. The van der Waals surface area contributed by atoms with Gasteiger partial charge in [-0.15, -0.1) is 0 Å². The zero-order chi connectivity index (χ0) is 25.5. The largest absolute Gasteiger partial charge is 0.294 e. The Bertz CT molecular complexity index is 1850. The van der Waals surface area contributed by atoms with Gasteiger partial charge in [-0.2, -0.15) is 0 Å². The van der Waals surface area contributed by atoms with Crippen molar-refractivity contribution < 1.29 is 0 Å². The van der Waals surface area contributed by atoms with Crippen LogP contribution in [0.15, 0.2) is 138 Å². The minimum atomic E-state index is 0.945. The lowest BCUT2D eigenvalue weighted by Gasteiger charge is -2.12. The second kappa shape index (κ2) is 9.40. The zero-order valence-electron chi connectivity index (χ0n) is 20.4. The summed E-state index contributed by atoms with van der Waals surface area (Å²) in [5.74, 6) is 0. The van der Waals surface area contributed by atoms with Crippen molar-refractivity contribution in [2.45, 2.75) is 0 Å². The molecule has 0 bridgehead atoms. The van der Waals surface area contributed by atoms with E-state index in [0.29, 0.717) is 0 Å². The third-order valence-corrected chi connectivity index (χ3v) is 7.40. The Labute approximate surface area is 229 Å². The fourth-order valence-electron chi connectivity index (χ4n) is 5.09. The maximum Gasteiger partial charge on any atom is 0.145 e. The molecule has 7 rings (SSSR count). The van der Waals surface area contributed by atoms with Crippen LogP contribution >= 0.6 is 15.9 Å². The van der Waals surface area contributed by atoms with Crippen molar-refractivity contribution in [3.8, 4) is 39.3 Å². The van der Waals surface area contributed by atoms with Gasteiger partial charge in [-0.25, -0.2) is 9.97 Å². The highest BCUT2D eigenvalue weighted by molar-refractivity contribution is 9.10. The third-order valence-electron chi connectivity index (χ3n) is 6.91. The van der Waals surface area contributed by atoms with Crippen LogP contribution in [0.5, 0.6) is 0 Å². The predicted molar refractivity (Wildman–Crippen MR) is 160 cm³/mol. The Morgan fingerprint density at radius 2 is 1.18 bits per heavy atom. The molecular formula is C34H22BrN3. The maximum atomic E-state index is 5.08. The molecule has 4 heteroatoms. The summed E-state index contributed by atoms with van der Waals surface area (Å²) in [5, 5.41) is 2.31. The molecule has 0 fully saturated rings. The lowest BCUT2D eigenvalue weighted by molar-refractivity contribution is 1.13.